The summed E-state index contributed by atoms with van der Waals surface area (Å²) in [6, 6.07) is 16.2. The van der Waals surface area contributed by atoms with E-state index in [0.29, 0.717) is 0 Å². The number of hydrogen-bond acceptors (Lipinski definition) is 5. The van der Waals surface area contributed by atoms with Crippen molar-refractivity contribution in [3.63, 3.8) is 0 Å². The highest BCUT2D eigenvalue weighted by molar-refractivity contribution is 9.10. The van der Waals surface area contributed by atoms with Crippen LogP contribution in [0.5, 0.6) is 5.75 Å². The zero-order valence-electron chi connectivity index (χ0n) is 15.3. The van der Waals surface area contributed by atoms with Crippen LogP contribution >= 0.6 is 39.7 Å². The molecule has 28 heavy (non-hydrogen) atoms. The van der Waals surface area contributed by atoms with Crippen LogP contribution in [-0.2, 0) is 0 Å². The molecular formula is C21H19BrClN3OS. The maximum atomic E-state index is 5.71. The minimum atomic E-state index is 0. The molecule has 0 fully saturated rings. The molecular weight excluding hydrogens is 458 g/mol. The normalized spacial score (nSPS) is 10.7. The molecule has 0 aliphatic heterocycles. The van der Waals surface area contributed by atoms with Gasteiger partial charge in [0, 0.05) is 21.1 Å². The Morgan fingerprint density at radius 2 is 1.71 bits per heavy atom. The lowest BCUT2D eigenvalue weighted by Gasteiger charge is -2.11. The predicted molar refractivity (Wildman–Crippen MR) is 123 cm³/mol. The van der Waals surface area contributed by atoms with Crippen molar-refractivity contribution in [1.29, 1.82) is 0 Å². The van der Waals surface area contributed by atoms with E-state index in [0.717, 1.165) is 43.1 Å². The Morgan fingerprint density at radius 1 is 1.00 bits per heavy atom. The molecule has 7 heteroatoms. The molecule has 0 aliphatic carbocycles. The molecule has 1 N–H and O–H groups in total. The average Bonchev–Trinajstić information content (AvgIpc) is 3.09. The standard InChI is InChI=1S/C21H18BrN3OS.ClH/c1-13(2)26-17-9-7-16(8-10-17)25-20-19-18(11-27-21(19)24-12-23-20)14-3-5-15(22)6-4-14;/h3-13H,1-2H3,(H,23,24,25);1H. The van der Waals surface area contributed by atoms with E-state index in [-0.39, 0.29) is 18.5 Å². The van der Waals surface area contributed by atoms with Gasteiger partial charge in [-0.15, -0.1) is 23.7 Å². The monoisotopic (exact) mass is 475 g/mol. The molecule has 0 aliphatic rings. The number of rotatable bonds is 5. The van der Waals surface area contributed by atoms with Gasteiger partial charge in [-0.3, -0.25) is 0 Å². The minimum Gasteiger partial charge on any atom is -0.491 e. The second-order valence-corrected chi connectivity index (χ2v) is 8.15. The van der Waals surface area contributed by atoms with Gasteiger partial charge in [-0.2, -0.15) is 0 Å². The number of benzene rings is 2. The Hall–Kier alpha value is -2.15. The molecule has 0 saturated heterocycles. The van der Waals surface area contributed by atoms with Gasteiger partial charge < -0.3 is 10.1 Å². The van der Waals surface area contributed by atoms with E-state index in [9.17, 15) is 0 Å². The van der Waals surface area contributed by atoms with Gasteiger partial charge in [-0.25, -0.2) is 9.97 Å². The van der Waals surface area contributed by atoms with Crippen molar-refractivity contribution in [2.24, 2.45) is 0 Å². The van der Waals surface area contributed by atoms with Crippen LogP contribution in [0.2, 0.25) is 0 Å². The number of hydrogen-bond donors (Lipinski definition) is 1. The molecule has 0 unspecified atom stereocenters. The first-order valence-electron chi connectivity index (χ1n) is 8.62. The third-order valence-corrected chi connectivity index (χ3v) is 5.43. The van der Waals surface area contributed by atoms with E-state index in [2.05, 4.69) is 48.7 Å². The fourth-order valence-electron chi connectivity index (χ4n) is 2.84. The second kappa shape index (κ2) is 8.90. The van der Waals surface area contributed by atoms with Crippen LogP contribution in [0.3, 0.4) is 0 Å². The summed E-state index contributed by atoms with van der Waals surface area (Å²) in [6.45, 7) is 4.04. The largest absolute Gasteiger partial charge is 0.491 e. The molecule has 2 aromatic carbocycles. The SMILES string of the molecule is CC(C)Oc1ccc(Nc2ncnc3scc(-c4ccc(Br)cc4)c23)cc1.Cl. The van der Waals surface area contributed by atoms with Crippen LogP contribution in [0.25, 0.3) is 21.3 Å². The lowest BCUT2D eigenvalue weighted by molar-refractivity contribution is 0.242. The maximum Gasteiger partial charge on any atom is 0.143 e. The molecule has 2 heterocycles. The number of aromatic nitrogens is 2. The molecule has 4 nitrogen and oxygen atoms in total. The van der Waals surface area contributed by atoms with Crippen LogP contribution in [0.4, 0.5) is 11.5 Å². The smallest absolute Gasteiger partial charge is 0.143 e. The number of ether oxygens (including phenoxy) is 1. The number of nitrogens with zero attached hydrogens (tertiary/aromatic N) is 2. The third kappa shape index (κ3) is 4.46. The zero-order chi connectivity index (χ0) is 18.8. The predicted octanol–water partition coefficient (Wildman–Crippen LogP) is 7.07. The van der Waals surface area contributed by atoms with E-state index in [1.165, 1.54) is 0 Å². The number of anilines is 2. The van der Waals surface area contributed by atoms with Gasteiger partial charge in [0.1, 0.15) is 22.7 Å². The van der Waals surface area contributed by atoms with Crippen LogP contribution in [0, 0.1) is 0 Å². The van der Waals surface area contributed by atoms with Crippen molar-refractivity contribution in [1.82, 2.24) is 9.97 Å². The fraction of sp³-hybridized carbons (Fsp3) is 0.143. The van der Waals surface area contributed by atoms with E-state index >= 15 is 0 Å². The lowest BCUT2D eigenvalue weighted by Crippen LogP contribution is -2.05. The first-order chi connectivity index (χ1) is 13.1. The Kier molecular flexibility index (Phi) is 6.54. The van der Waals surface area contributed by atoms with Crippen LogP contribution in [-0.4, -0.2) is 16.1 Å². The van der Waals surface area contributed by atoms with E-state index in [1.807, 2.05) is 50.2 Å². The highest BCUT2D eigenvalue weighted by Gasteiger charge is 2.13. The molecule has 2 aromatic heterocycles. The first kappa shape index (κ1) is 20.6. The molecule has 0 spiro atoms. The van der Waals surface area contributed by atoms with E-state index in [1.54, 1.807) is 17.7 Å². The van der Waals surface area contributed by atoms with Gasteiger partial charge in [-0.05, 0) is 55.8 Å². The summed E-state index contributed by atoms with van der Waals surface area (Å²) in [5.74, 6) is 1.66. The van der Waals surface area contributed by atoms with Crippen molar-refractivity contribution < 1.29 is 4.74 Å². The highest BCUT2D eigenvalue weighted by atomic mass is 79.9. The van der Waals surface area contributed by atoms with Gasteiger partial charge in [0.25, 0.3) is 0 Å². The molecule has 0 radical (unpaired) electrons. The van der Waals surface area contributed by atoms with Crippen molar-refractivity contribution in [2.45, 2.75) is 20.0 Å². The summed E-state index contributed by atoms with van der Waals surface area (Å²) in [5.41, 5.74) is 3.23. The number of nitrogens with one attached hydrogen (secondary N) is 1. The Balaban J connectivity index is 0.00000225. The Morgan fingerprint density at radius 3 is 2.39 bits per heavy atom. The third-order valence-electron chi connectivity index (χ3n) is 4.01. The summed E-state index contributed by atoms with van der Waals surface area (Å²) in [7, 11) is 0. The Labute approximate surface area is 182 Å². The van der Waals surface area contributed by atoms with E-state index in [4.69, 9.17) is 4.74 Å². The molecule has 4 aromatic rings. The summed E-state index contributed by atoms with van der Waals surface area (Å²) in [5, 5.41) is 6.59. The van der Waals surface area contributed by atoms with Crippen molar-refractivity contribution >= 4 is 61.4 Å². The van der Waals surface area contributed by atoms with Crippen LogP contribution < -0.4 is 10.1 Å². The fourth-order valence-corrected chi connectivity index (χ4v) is 4.02. The van der Waals surface area contributed by atoms with Crippen LogP contribution in [0.15, 0.2) is 64.7 Å². The molecule has 0 bridgehead atoms. The summed E-state index contributed by atoms with van der Waals surface area (Å²) >= 11 is 5.12. The molecule has 0 atom stereocenters. The summed E-state index contributed by atoms with van der Waals surface area (Å²) in [6.07, 6.45) is 1.76. The van der Waals surface area contributed by atoms with Gasteiger partial charge in [0.15, 0.2) is 0 Å². The van der Waals surface area contributed by atoms with Crippen LogP contribution in [0.1, 0.15) is 13.8 Å². The van der Waals surface area contributed by atoms with Crippen molar-refractivity contribution in [2.75, 3.05) is 5.32 Å². The Bertz CT molecular complexity index is 1070. The molecule has 4 rings (SSSR count). The number of halogens is 2. The number of thiophene rings is 1. The minimum absolute atomic E-state index is 0. The van der Waals surface area contributed by atoms with Gasteiger partial charge in [-0.1, -0.05) is 28.1 Å². The number of fused-ring (bicyclic) bond motifs is 1. The quantitative estimate of drug-likeness (QED) is 0.334. The van der Waals surface area contributed by atoms with Crippen molar-refractivity contribution in [3.8, 4) is 16.9 Å². The molecule has 144 valence electrons. The average molecular weight is 477 g/mol. The van der Waals surface area contributed by atoms with Gasteiger partial charge >= 0.3 is 0 Å². The highest BCUT2D eigenvalue weighted by Crippen LogP contribution is 2.37. The first-order valence-corrected chi connectivity index (χ1v) is 10.3. The van der Waals surface area contributed by atoms with Crippen molar-refractivity contribution in [3.05, 3.63) is 64.7 Å². The summed E-state index contributed by atoms with van der Waals surface area (Å²) in [4.78, 5) is 9.89. The lowest BCUT2D eigenvalue weighted by atomic mass is 10.1. The maximum absolute atomic E-state index is 5.71. The zero-order valence-corrected chi connectivity index (χ0v) is 18.6. The van der Waals surface area contributed by atoms with Gasteiger partial charge in [0.05, 0.1) is 11.5 Å². The van der Waals surface area contributed by atoms with E-state index < -0.39 is 0 Å². The summed E-state index contributed by atoms with van der Waals surface area (Å²) < 4.78 is 6.77. The second-order valence-electron chi connectivity index (χ2n) is 6.37. The molecule has 0 saturated carbocycles. The topological polar surface area (TPSA) is 47.0 Å². The molecule has 0 amide bonds. The van der Waals surface area contributed by atoms with Gasteiger partial charge in [0.2, 0.25) is 0 Å².